The maximum absolute atomic E-state index is 8.49. The van der Waals surface area contributed by atoms with Crippen LogP contribution in [0.25, 0.3) is 0 Å². The first-order valence-corrected chi connectivity index (χ1v) is 18.5. The molecule has 4 N–H and O–H groups in total. The number of rotatable bonds is 11. The zero-order valence-corrected chi connectivity index (χ0v) is 29.4. The van der Waals surface area contributed by atoms with E-state index in [1.54, 1.807) is 0 Å². The van der Waals surface area contributed by atoms with Crippen molar-refractivity contribution in [2.75, 3.05) is 13.1 Å². The molecular weight excluding hydrogens is 794 g/mol. The molecule has 0 atom stereocenters. The molecule has 22 nitrogen and oxygen atoms in total. The van der Waals surface area contributed by atoms with E-state index in [9.17, 15) is 0 Å². The Balaban J connectivity index is 0.00000107. The van der Waals surface area contributed by atoms with E-state index >= 15 is 0 Å². The molecule has 0 aliphatic carbocycles. The Morgan fingerprint density at radius 2 is 0.500 bits per heavy atom. The minimum Gasteiger partial charge on any atom is -0.282 e. The monoisotopic (exact) mass is 824 g/mol. The first kappa shape index (κ1) is 49.0. The fraction of sp³-hybridized carbons (Fsp3) is 0.231. The smallest absolute Gasteiger partial charge is 0.193 e. The van der Waals surface area contributed by atoms with Gasteiger partial charge in [-0.05, 0) is 0 Å². The second kappa shape index (κ2) is 25.1. The molecule has 0 aliphatic heterocycles. The highest BCUT2D eigenvalue weighted by Gasteiger charge is 2.18. The minimum atomic E-state index is -4.94. The van der Waals surface area contributed by atoms with Crippen LogP contribution in [0.4, 0.5) is 0 Å². The van der Waals surface area contributed by atoms with E-state index in [0.717, 1.165) is 39.3 Å². The van der Waals surface area contributed by atoms with Crippen molar-refractivity contribution in [3.8, 4) is 0 Å². The largest absolute Gasteiger partial charge is 0.282 e. The van der Waals surface area contributed by atoms with Crippen LogP contribution in [-0.4, -0.2) is 22.9 Å². The summed E-state index contributed by atoms with van der Waals surface area (Å²) in [5, 5.41) is 0. The van der Waals surface area contributed by atoms with Gasteiger partial charge in [0.25, 0.3) is 0 Å². The van der Waals surface area contributed by atoms with E-state index in [1.807, 2.05) is 49.1 Å². The molecule has 0 bridgehead atoms. The van der Waals surface area contributed by atoms with Crippen molar-refractivity contribution in [3.63, 3.8) is 0 Å². The minimum absolute atomic E-state index is 0.867. The number of halogens is 4. The van der Waals surface area contributed by atoms with E-state index in [-0.39, 0.29) is 0 Å². The van der Waals surface area contributed by atoms with Crippen LogP contribution < -0.4 is 94.5 Å². The molecule has 0 fully saturated rings. The van der Waals surface area contributed by atoms with Gasteiger partial charge in [0.2, 0.25) is 0 Å². The summed E-state index contributed by atoms with van der Waals surface area (Å²) in [6.07, 6.45) is 7.96. The van der Waals surface area contributed by atoms with Crippen molar-refractivity contribution >= 4 is 0 Å². The Hall–Kier alpha value is -2.96. The summed E-state index contributed by atoms with van der Waals surface area (Å²) in [4.78, 5) is 18.5. The number of aromatic nitrogens is 4. The molecule has 4 heterocycles. The molecule has 52 heavy (non-hydrogen) atoms. The Morgan fingerprint density at radius 3 is 0.635 bits per heavy atom. The molecule has 0 unspecified atom stereocenters. The molecule has 4 rings (SSSR count). The maximum Gasteiger partial charge on any atom is 0.193 e. The summed E-state index contributed by atoms with van der Waals surface area (Å²) in [5.74, 6) is 0. The van der Waals surface area contributed by atoms with Gasteiger partial charge >= 0.3 is 0 Å². The highest BCUT2D eigenvalue weighted by molar-refractivity contribution is 5.01. The van der Waals surface area contributed by atoms with Crippen LogP contribution in [0, 0.1) is 41.0 Å². The van der Waals surface area contributed by atoms with E-state index < -0.39 is 41.0 Å². The molecule has 0 radical (unpaired) electrons. The number of nitrogens with zero attached hydrogens (tertiary/aromatic N) is 2. The topological polar surface area (TPSA) is 432 Å². The van der Waals surface area contributed by atoms with Crippen LogP contribution >= 0.6 is 0 Å². The average Bonchev–Trinajstić information content (AvgIpc) is 2.99. The summed E-state index contributed by atoms with van der Waals surface area (Å²) in [6.45, 7) is 5.37. The fourth-order valence-electron chi connectivity index (χ4n) is 3.79. The molecule has 0 amide bonds. The summed E-state index contributed by atoms with van der Waals surface area (Å²) in [5.41, 5.74) is 4.84. The molecule has 0 saturated heterocycles. The van der Waals surface area contributed by atoms with E-state index in [0.29, 0.717) is 0 Å². The van der Waals surface area contributed by atoms with Gasteiger partial charge in [-0.25, -0.2) is 94.5 Å². The molecule has 0 aromatic carbocycles. The van der Waals surface area contributed by atoms with Gasteiger partial charge in [-0.15, -0.1) is 41.0 Å². The van der Waals surface area contributed by atoms with Crippen LogP contribution in [0.15, 0.2) is 97.6 Å². The van der Waals surface area contributed by atoms with Crippen LogP contribution in [0.5, 0.6) is 0 Å². The van der Waals surface area contributed by atoms with Crippen molar-refractivity contribution in [2.45, 2.75) is 26.2 Å². The van der Waals surface area contributed by atoms with Crippen LogP contribution in [0.1, 0.15) is 22.8 Å². The Kier molecular flexibility index (Phi) is 23.7. The molecule has 4 aromatic rings. The predicted octanol–water partition coefficient (Wildman–Crippen LogP) is -17.4. The third-order valence-electron chi connectivity index (χ3n) is 5.40. The van der Waals surface area contributed by atoms with Gasteiger partial charge in [0.1, 0.15) is 0 Å². The standard InChI is InChI=1S/C26H28N6.4ClHO4/c1-5-13-27-23(9-1)19-31(20-24-10-2-6-14-28-24)17-18-32(21-25-11-3-7-15-29-25)22-26-12-4-8-16-30-26;4*2-1(3,4)5/h1-16H,17-22H2;4*(H,2,3,4,5). The summed E-state index contributed by atoms with van der Waals surface area (Å²) >= 11 is 0. The summed E-state index contributed by atoms with van der Waals surface area (Å²) in [6, 6.07) is 25.0. The van der Waals surface area contributed by atoms with Crippen molar-refractivity contribution < 1.29 is 135 Å². The molecule has 0 saturated carbocycles. The van der Waals surface area contributed by atoms with Gasteiger partial charge in [-0.1, -0.05) is 24.3 Å². The van der Waals surface area contributed by atoms with E-state index in [1.165, 1.54) is 22.8 Å². The van der Waals surface area contributed by atoms with Crippen molar-refractivity contribution in [2.24, 2.45) is 0 Å². The average molecular weight is 826 g/mol. The Bertz CT molecular complexity index is 1200. The second-order valence-corrected chi connectivity index (χ2v) is 12.5. The van der Waals surface area contributed by atoms with Gasteiger partial charge < -0.3 is 0 Å². The maximum atomic E-state index is 8.49. The van der Waals surface area contributed by atoms with Crippen LogP contribution in [-0.2, 0) is 26.2 Å². The zero-order valence-electron chi connectivity index (χ0n) is 26.4. The number of nitrogens with one attached hydrogen (secondary N) is 4. The number of hydrogen-bond acceptors (Lipinski definition) is 18. The zero-order chi connectivity index (χ0) is 39.8. The van der Waals surface area contributed by atoms with Gasteiger partial charge in [0.15, 0.2) is 47.6 Å². The molecule has 4 aromatic heterocycles. The van der Waals surface area contributed by atoms with Crippen molar-refractivity contribution in [1.82, 2.24) is 9.80 Å². The highest BCUT2D eigenvalue weighted by atomic mass is 35.7. The number of aromatic amines is 4. The first-order valence-electron chi connectivity index (χ1n) is 13.6. The van der Waals surface area contributed by atoms with Gasteiger partial charge in [-0.3, -0.25) is 9.80 Å². The highest BCUT2D eigenvalue weighted by Crippen LogP contribution is 2.08. The third kappa shape index (κ3) is 39.8. The van der Waals surface area contributed by atoms with Crippen molar-refractivity contribution in [3.05, 3.63) is 120 Å². The fourth-order valence-corrected chi connectivity index (χ4v) is 3.79. The van der Waals surface area contributed by atoms with E-state index in [4.69, 9.17) is 74.5 Å². The quantitative estimate of drug-likeness (QED) is 0.135. The molecule has 290 valence electrons. The van der Waals surface area contributed by atoms with Crippen molar-refractivity contribution in [1.29, 1.82) is 0 Å². The van der Waals surface area contributed by atoms with Gasteiger partial charge in [0.05, 0.1) is 26.2 Å². The first-order chi connectivity index (χ1) is 23.8. The SMILES string of the molecule is [O-][Cl+3]([O-])([O-])[O-].[O-][Cl+3]([O-])([O-])[O-].[O-][Cl+3]([O-])([O-])[O-].[O-][Cl+3]([O-])([O-])[O-].c1ccc(CN(CCN(Cc2cccc[nH+]2)Cc2cccc[nH+]2)Cc2cccc[nH+]2)[nH+]c1. The van der Waals surface area contributed by atoms with Gasteiger partial charge in [0, 0.05) is 61.6 Å². The lowest BCUT2D eigenvalue weighted by atomic mass is 10.2. The lowest BCUT2D eigenvalue weighted by Crippen LogP contribution is -2.68. The van der Waals surface area contributed by atoms with Crippen LogP contribution in [0.3, 0.4) is 0 Å². The normalized spacial score (nSPS) is 11.5. The summed E-state index contributed by atoms with van der Waals surface area (Å²) in [7, 11) is -19.8. The number of hydrogen-bond donors (Lipinski definition) is 0. The number of pyridine rings is 4. The summed E-state index contributed by atoms with van der Waals surface area (Å²) < 4.78 is 136. The molecule has 0 aliphatic rings. The second-order valence-electron chi connectivity index (χ2n) is 9.48. The van der Waals surface area contributed by atoms with E-state index in [2.05, 4.69) is 78.3 Å². The Morgan fingerprint density at radius 1 is 0.327 bits per heavy atom. The Labute approximate surface area is 304 Å². The molecule has 26 heteroatoms. The third-order valence-corrected chi connectivity index (χ3v) is 5.40. The predicted molar refractivity (Wildman–Crippen MR) is 120 cm³/mol. The molecular formula is C26H32Cl4N6O16. The number of H-pyrrole nitrogens is 4. The van der Waals surface area contributed by atoms with Crippen LogP contribution in [0.2, 0.25) is 0 Å². The lowest BCUT2D eigenvalue weighted by molar-refractivity contribution is -2.00. The van der Waals surface area contributed by atoms with Gasteiger partial charge in [-0.2, -0.15) is 0 Å². The molecule has 0 spiro atoms. The lowest BCUT2D eigenvalue weighted by Gasteiger charge is -2.24.